The third-order valence-corrected chi connectivity index (χ3v) is 5.51. The maximum atomic E-state index is 11.6. The van der Waals surface area contributed by atoms with Gasteiger partial charge in [-0.2, -0.15) is 0 Å². The molecule has 3 aliphatic rings. The van der Waals surface area contributed by atoms with Crippen molar-refractivity contribution in [2.45, 2.75) is 37.1 Å². The van der Waals surface area contributed by atoms with E-state index in [1.165, 1.54) is 10.1 Å². The fourth-order valence-electron chi connectivity index (χ4n) is 4.53. The molecule has 0 saturated heterocycles. The molecule has 3 saturated carbocycles. The van der Waals surface area contributed by atoms with E-state index in [1.54, 1.807) is 7.05 Å². The number of nitrogens with zero attached hydrogens (tertiary/aromatic N) is 1. The van der Waals surface area contributed by atoms with E-state index in [2.05, 4.69) is 0 Å². The molecule has 7 heteroatoms. The molecule has 5 rings (SSSR count). The second kappa shape index (κ2) is 4.85. The van der Waals surface area contributed by atoms with Crippen LogP contribution in [0, 0.1) is 5.41 Å². The van der Waals surface area contributed by atoms with Gasteiger partial charge < -0.3 is 15.3 Å². The van der Waals surface area contributed by atoms with Crippen molar-refractivity contribution < 1.29 is 14.3 Å². The third kappa shape index (κ3) is 2.12. The molecule has 3 aliphatic carbocycles. The average molecular weight is 339 g/mol. The summed E-state index contributed by atoms with van der Waals surface area (Å²) in [5, 5.41) is 8.95. The summed E-state index contributed by atoms with van der Waals surface area (Å²) in [6, 6.07) is 5.13. The van der Waals surface area contributed by atoms with Crippen LogP contribution in [0.3, 0.4) is 0 Å². The summed E-state index contributed by atoms with van der Waals surface area (Å²) in [6.45, 7) is 0. The zero-order chi connectivity index (χ0) is 15.7. The van der Waals surface area contributed by atoms with E-state index in [4.69, 9.17) is 15.3 Å². The van der Waals surface area contributed by atoms with Crippen LogP contribution in [0.25, 0.3) is 11.1 Å². The molecular weight excluding hydrogens is 320 g/mol. The summed E-state index contributed by atoms with van der Waals surface area (Å²) in [5.41, 5.74) is 8.53. The molecule has 0 aliphatic heterocycles. The summed E-state index contributed by atoms with van der Waals surface area (Å²) in [5.74, 6) is -1.28. The van der Waals surface area contributed by atoms with E-state index < -0.39 is 12.0 Å². The van der Waals surface area contributed by atoms with E-state index >= 15 is 0 Å². The van der Waals surface area contributed by atoms with Gasteiger partial charge in [0.05, 0.1) is 5.52 Å². The summed E-state index contributed by atoms with van der Waals surface area (Å²) < 4.78 is 6.67. The van der Waals surface area contributed by atoms with Crippen molar-refractivity contribution in [1.29, 1.82) is 0 Å². The Labute approximate surface area is 138 Å². The fraction of sp³-hybridized carbons (Fsp3) is 0.500. The maximum absolute atomic E-state index is 11.6. The number of carboxylic acid groups (broad SMARTS) is 1. The predicted octanol–water partition coefficient (Wildman–Crippen LogP) is 1.78. The number of nitrogens with two attached hydrogens (primary N) is 1. The number of aromatic nitrogens is 1. The number of hydrogen-bond donors (Lipinski definition) is 2. The largest absolute Gasteiger partial charge is 0.480 e. The Morgan fingerprint density at radius 1 is 1.43 bits per heavy atom. The highest BCUT2D eigenvalue weighted by atomic mass is 35.5. The van der Waals surface area contributed by atoms with E-state index in [0.29, 0.717) is 12.0 Å². The number of carbonyl (C=O) groups is 1. The van der Waals surface area contributed by atoms with Crippen molar-refractivity contribution in [3.05, 3.63) is 34.3 Å². The van der Waals surface area contributed by atoms with Crippen molar-refractivity contribution >= 4 is 29.5 Å². The van der Waals surface area contributed by atoms with Crippen molar-refractivity contribution in [3.63, 3.8) is 0 Å². The molecule has 2 bridgehead atoms. The van der Waals surface area contributed by atoms with Gasteiger partial charge in [-0.3, -0.25) is 9.36 Å². The maximum Gasteiger partial charge on any atom is 0.419 e. The van der Waals surface area contributed by atoms with Crippen molar-refractivity contribution in [2.24, 2.45) is 18.2 Å². The number of aliphatic carboxylic acids is 1. The Balaban J connectivity index is 0.00000156. The number of aryl methyl sites for hydroxylation is 1. The number of fused-ring (bicyclic) bond motifs is 1. The number of rotatable bonds is 4. The Bertz CT molecular complexity index is 834. The van der Waals surface area contributed by atoms with Crippen LogP contribution in [-0.2, 0) is 17.3 Å². The quantitative estimate of drug-likeness (QED) is 0.885. The minimum absolute atomic E-state index is 0. The second-order valence-corrected chi connectivity index (χ2v) is 7.07. The van der Waals surface area contributed by atoms with Gasteiger partial charge in [0.1, 0.15) is 6.04 Å². The monoisotopic (exact) mass is 338 g/mol. The van der Waals surface area contributed by atoms with Crippen LogP contribution in [0.15, 0.2) is 27.4 Å². The summed E-state index contributed by atoms with van der Waals surface area (Å²) in [6.07, 6.45) is 3.51. The lowest BCUT2D eigenvalue weighted by molar-refractivity contribution is -0.160. The van der Waals surface area contributed by atoms with E-state index in [-0.39, 0.29) is 29.0 Å². The molecular formula is C16H19ClN2O4. The molecule has 1 heterocycles. The summed E-state index contributed by atoms with van der Waals surface area (Å²) in [7, 11) is 1.70. The molecule has 124 valence electrons. The summed E-state index contributed by atoms with van der Waals surface area (Å²) >= 11 is 0. The first-order valence-electron chi connectivity index (χ1n) is 7.43. The normalized spacial score (nSPS) is 29.3. The number of carboxylic acids is 1. The number of halogens is 1. The van der Waals surface area contributed by atoms with Gasteiger partial charge >= 0.3 is 11.7 Å². The molecule has 3 fully saturated rings. The SMILES string of the molecule is Cl.Cn1c(=O)oc2ccc(C34CC(CC(N)C(=O)O)(C3)C4)cc21. The number of hydrogen-bond acceptors (Lipinski definition) is 4. The molecule has 1 atom stereocenters. The van der Waals surface area contributed by atoms with Crippen LogP contribution in [0.5, 0.6) is 0 Å². The molecule has 23 heavy (non-hydrogen) atoms. The van der Waals surface area contributed by atoms with Crippen molar-refractivity contribution in [1.82, 2.24) is 4.57 Å². The zero-order valence-corrected chi connectivity index (χ0v) is 13.6. The lowest BCUT2D eigenvalue weighted by Crippen LogP contribution is -2.66. The molecule has 2 aromatic rings. The average Bonchev–Trinajstić information content (AvgIpc) is 2.67. The van der Waals surface area contributed by atoms with Crippen LogP contribution in [0.1, 0.15) is 31.2 Å². The fourth-order valence-corrected chi connectivity index (χ4v) is 4.53. The zero-order valence-electron chi connectivity index (χ0n) is 12.7. The van der Waals surface area contributed by atoms with E-state index in [9.17, 15) is 9.59 Å². The molecule has 0 spiro atoms. The highest BCUT2D eigenvalue weighted by Crippen LogP contribution is 2.75. The molecule has 3 N–H and O–H groups in total. The van der Waals surface area contributed by atoms with Crippen molar-refractivity contribution in [2.75, 3.05) is 0 Å². The molecule has 1 aromatic heterocycles. The van der Waals surface area contributed by atoms with Gasteiger partial charge in [0.2, 0.25) is 0 Å². The van der Waals surface area contributed by atoms with Crippen LogP contribution in [0.2, 0.25) is 0 Å². The Hall–Kier alpha value is -1.79. The first-order chi connectivity index (χ1) is 10.3. The highest BCUT2D eigenvalue weighted by Gasteiger charge is 2.68. The van der Waals surface area contributed by atoms with Gasteiger partial charge in [-0.05, 0) is 54.2 Å². The smallest absolute Gasteiger partial charge is 0.419 e. The molecule has 1 aromatic carbocycles. The lowest BCUT2D eigenvalue weighted by Gasteiger charge is -2.72. The van der Waals surface area contributed by atoms with Crippen LogP contribution < -0.4 is 11.5 Å². The molecule has 6 nitrogen and oxygen atoms in total. The van der Waals surface area contributed by atoms with Crippen molar-refractivity contribution in [3.8, 4) is 0 Å². The third-order valence-electron chi connectivity index (χ3n) is 5.51. The molecule has 1 unspecified atom stereocenters. The van der Waals surface area contributed by atoms with Crippen LogP contribution >= 0.6 is 12.4 Å². The minimum Gasteiger partial charge on any atom is -0.480 e. The Morgan fingerprint density at radius 2 is 2.09 bits per heavy atom. The van der Waals surface area contributed by atoms with Gasteiger partial charge in [0.15, 0.2) is 5.58 Å². The minimum atomic E-state index is -0.923. The topological polar surface area (TPSA) is 98.5 Å². The summed E-state index contributed by atoms with van der Waals surface area (Å²) in [4.78, 5) is 22.5. The number of oxazole rings is 1. The van der Waals surface area contributed by atoms with Gasteiger partial charge in [-0.1, -0.05) is 6.07 Å². The van der Waals surface area contributed by atoms with Gasteiger partial charge in [-0.25, -0.2) is 4.79 Å². The first kappa shape index (κ1) is 16.1. The standard InChI is InChI=1S/C16H18N2O4.ClH/c1-18-11-4-9(2-3-12(11)22-14(18)21)16-6-15(7-16,8-16)5-10(17)13(19)20;/h2-4,10H,5-8,17H2,1H3,(H,19,20);1H. The van der Waals surface area contributed by atoms with Crippen LogP contribution in [-0.4, -0.2) is 21.7 Å². The van der Waals surface area contributed by atoms with Gasteiger partial charge in [0, 0.05) is 7.05 Å². The molecule has 0 radical (unpaired) electrons. The Morgan fingerprint density at radius 3 is 2.70 bits per heavy atom. The van der Waals surface area contributed by atoms with E-state index in [1.807, 2.05) is 18.2 Å². The lowest BCUT2D eigenvalue weighted by atomic mass is 9.32. The second-order valence-electron chi connectivity index (χ2n) is 7.07. The Kier molecular flexibility index (Phi) is 3.39. The number of benzene rings is 1. The van der Waals surface area contributed by atoms with Crippen LogP contribution in [0.4, 0.5) is 0 Å². The van der Waals surface area contributed by atoms with Gasteiger partial charge in [-0.15, -0.1) is 12.4 Å². The predicted molar refractivity (Wildman–Crippen MR) is 86.9 cm³/mol. The van der Waals surface area contributed by atoms with E-state index in [0.717, 1.165) is 24.8 Å². The highest BCUT2D eigenvalue weighted by molar-refractivity contribution is 5.85. The van der Waals surface area contributed by atoms with Gasteiger partial charge in [0.25, 0.3) is 0 Å². The first-order valence-corrected chi connectivity index (χ1v) is 7.43. The molecule has 0 amide bonds.